The molecule has 148 valence electrons. The molecule has 0 N–H and O–H groups in total. The smallest absolute Gasteiger partial charge is 0.303 e. The standard InChI is InChI=1S/C19H12F4N4OS/c20-11-3-1-4-12(7-11)27-17(29)26(16(28)18(27)5-2-6-18)13-8-14(19(21,22)23)15(9-24)25-10-13/h1,3-4,7-8,10H,2,5-6H2. The Kier molecular flexibility index (Phi) is 4.31. The number of hydrogen-bond acceptors (Lipinski definition) is 4. The molecule has 1 saturated carbocycles. The van der Waals surface area contributed by atoms with E-state index in [0.29, 0.717) is 24.6 Å². The fraction of sp³-hybridized carbons (Fsp3) is 0.263. The zero-order chi connectivity index (χ0) is 21.0. The number of halogens is 4. The van der Waals surface area contributed by atoms with Gasteiger partial charge in [-0.2, -0.15) is 18.4 Å². The van der Waals surface area contributed by atoms with Gasteiger partial charge in [-0.05, 0) is 55.7 Å². The number of pyridine rings is 1. The van der Waals surface area contributed by atoms with Crippen molar-refractivity contribution in [3.63, 3.8) is 0 Å². The molecular formula is C19H12F4N4OS. The number of amides is 1. The molecule has 1 aliphatic heterocycles. The van der Waals surface area contributed by atoms with Crippen molar-refractivity contribution in [2.75, 3.05) is 9.80 Å². The second-order valence-electron chi connectivity index (χ2n) is 6.82. The number of alkyl halides is 3. The first kappa shape index (κ1) is 19.3. The Bertz CT molecular complexity index is 1070. The molecular weight excluding hydrogens is 408 g/mol. The highest BCUT2D eigenvalue weighted by atomic mass is 32.1. The third kappa shape index (κ3) is 2.84. The number of carbonyl (C=O) groups excluding carboxylic acids is 1. The Morgan fingerprint density at radius 1 is 1.21 bits per heavy atom. The summed E-state index contributed by atoms with van der Waals surface area (Å²) in [6, 6.07) is 7.62. The number of nitriles is 1. The summed E-state index contributed by atoms with van der Waals surface area (Å²) in [6.45, 7) is 0. The van der Waals surface area contributed by atoms with E-state index in [1.807, 2.05) is 0 Å². The van der Waals surface area contributed by atoms with Gasteiger partial charge in [-0.1, -0.05) is 6.07 Å². The minimum atomic E-state index is -4.82. The van der Waals surface area contributed by atoms with Crippen molar-refractivity contribution in [1.82, 2.24) is 4.98 Å². The first-order valence-corrected chi connectivity index (χ1v) is 9.01. The van der Waals surface area contributed by atoms with Gasteiger partial charge < -0.3 is 4.90 Å². The predicted molar refractivity (Wildman–Crippen MR) is 99.5 cm³/mol. The summed E-state index contributed by atoms with van der Waals surface area (Å²) in [7, 11) is 0. The summed E-state index contributed by atoms with van der Waals surface area (Å²) in [5, 5.41) is 8.87. The summed E-state index contributed by atoms with van der Waals surface area (Å²) in [6.07, 6.45) is -2.20. The van der Waals surface area contributed by atoms with Gasteiger partial charge in [0.2, 0.25) is 0 Å². The molecule has 1 spiro atoms. The van der Waals surface area contributed by atoms with Crippen molar-refractivity contribution in [1.29, 1.82) is 5.26 Å². The quantitative estimate of drug-likeness (QED) is 0.539. The lowest BCUT2D eigenvalue weighted by Crippen LogP contribution is -2.55. The van der Waals surface area contributed by atoms with E-state index in [-0.39, 0.29) is 10.8 Å². The summed E-state index contributed by atoms with van der Waals surface area (Å²) in [5.74, 6) is -1.01. The van der Waals surface area contributed by atoms with E-state index in [4.69, 9.17) is 17.5 Å². The third-order valence-electron chi connectivity index (χ3n) is 5.20. The van der Waals surface area contributed by atoms with Crippen LogP contribution in [0.15, 0.2) is 36.5 Å². The fourth-order valence-electron chi connectivity index (χ4n) is 3.70. The van der Waals surface area contributed by atoms with Crippen LogP contribution in [0.25, 0.3) is 0 Å². The zero-order valence-corrected chi connectivity index (χ0v) is 15.5. The number of anilines is 2. The molecule has 10 heteroatoms. The van der Waals surface area contributed by atoms with E-state index in [1.54, 1.807) is 6.07 Å². The van der Waals surface area contributed by atoms with Crippen LogP contribution in [0.2, 0.25) is 0 Å². The monoisotopic (exact) mass is 420 g/mol. The highest BCUT2D eigenvalue weighted by Crippen LogP contribution is 2.48. The van der Waals surface area contributed by atoms with Gasteiger partial charge >= 0.3 is 6.18 Å². The molecule has 1 saturated heterocycles. The second-order valence-corrected chi connectivity index (χ2v) is 7.19. The van der Waals surface area contributed by atoms with Gasteiger partial charge in [0.15, 0.2) is 10.8 Å². The Labute approximate surface area is 168 Å². The van der Waals surface area contributed by atoms with Gasteiger partial charge in [0, 0.05) is 5.69 Å². The summed E-state index contributed by atoms with van der Waals surface area (Å²) in [5.41, 5.74) is -2.93. The van der Waals surface area contributed by atoms with Crippen LogP contribution >= 0.6 is 12.2 Å². The van der Waals surface area contributed by atoms with Crippen LogP contribution in [0, 0.1) is 17.1 Å². The summed E-state index contributed by atoms with van der Waals surface area (Å²) in [4.78, 5) is 19.3. The predicted octanol–water partition coefficient (Wildman–Crippen LogP) is 4.17. The number of hydrogen-bond donors (Lipinski definition) is 0. The van der Waals surface area contributed by atoms with Gasteiger partial charge in [-0.15, -0.1) is 0 Å². The van der Waals surface area contributed by atoms with Crippen molar-refractivity contribution in [2.45, 2.75) is 31.0 Å². The average Bonchev–Trinajstić information content (AvgIpc) is 2.87. The van der Waals surface area contributed by atoms with Crippen molar-refractivity contribution >= 4 is 34.6 Å². The molecule has 1 aromatic carbocycles. The minimum absolute atomic E-state index is 0.0556. The fourth-order valence-corrected chi connectivity index (χ4v) is 4.17. The Balaban J connectivity index is 1.83. The number of carbonyl (C=O) groups is 1. The van der Waals surface area contributed by atoms with E-state index >= 15 is 0 Å². The maximum atomic E-state index is 13.8. The number of rotatable bonds is 2. The summed E-state index contributed by atoms with van der Waals surface area (Å²) < 4.78 is 53.8. The first-order valence-electron chi connectivity index (χ1n) is 8.61. The Morgan fingerprint density at radius 3 is 2.48 bits per heavy atom. The maximum absolute atomic E-state index is 13.8. The van der Waals surface area contributed by atoms with Crippen molar-refractivity contribution in [3.05, 3.63) is 53.6 Å². The van der Waals surface area contributed by atoms with Crippen molar-refractivity contribution < 1.29 is 22.4 Å². The number of thiocarbonyl (C=S) groups is 1. The molecule has 0 atom stereocenters. The lowest BCUT2D eigenvalue weighted by Gasteiger charge is -2.43. The lowest BCUT2D eigenvalue weighted by atomic mass is 9.75. The Hall–Kier alpha value is -3.06. The molecule has 2 heterocycles. The molecule has 2 aliphatic rings. The third-order valence-corrected chi connectivity index (χ3v) is 5.57. The SMILES string of the molecule is N#Cc1ncc(N2C(=O)C3(CCC3)N(c3cccc(F)c3)C2=S)cc1C(F)(F)F. The highest BCUT2D eigenvalue weighted by Gasteiger charge is 2.59. The Morgan fingerprint density at radius 2 is 1.93 bits per heavy atom. The van der Waals surface area contributed by atoms with E-state index in [1.165, 1.54) is 29.2 Å². The average molecular weight is 420 g/mol. The van der Waals surface area contributed by atoms with Crippen molar-refractivity contribution in [2.24, 2.45) is 0 Å². The lowest BCUT2D eigenvalue weighted by molar-refractivity contribution is -0.138. The van der Waals surface area contributed by atoms with Crippen LogP contribution in [0.4, 0.5) is 28.9 Å². The first-order chi connectivity index (χ1) is 13.7. The number of benzene rings is 1. The zero-order valence-electron chi connectivity index (χ0n) is 14.7. The number of aromatic nitrogens is 1. The van der Waals surface area contributed by atoms with Crippen LogP contribution in [0.1, 0.15) is 30.5 Å². The molecule has 1 amide bonds. The van der Waals surface area contributed by atoms with Crippen LogP contribution in [-0.2, 0) is 11.0 Å². The molecule has 1 aliphatic carbocycles. The second kappa shape index (κ2) is 6.49. The van der Waals surface area contributed by atoms with E-state index in [9.17, 15) is 22.4 Å². The molecule has 2 aromatic rings. The molecule has 0 unspecified atom stereocenters. The van der Waals surface area contributed by atoms with E-state index in [0.717, 1.165) is 17.5 Å². The molecule has 1 aromatic heterocycles. The van der Waals surface area contributed by atoms with Gasteiger partial charge in [-0.25, -0.2) is 9.37 Å². The van der Waals surface area contributed by atoms with Gasteiger partial charge in [-0.3, -0.25) is 9.69 Å². The normalized spacial score (nSPS) is 18.2. The van der Waals surface area contributed by atoms with Gasteiger partial charge in [0.25, 0.3) is 5.91 Å². The molecule has 0 radical (unpaired) electrons. The van der Waals surface area contributed by atoms with Crippen LogP contribution in [0.5, 0.6) is 0 Å². The molecule has 29 heavy (non-hydrogen) atoms. The van der Waals surface area contributed by atoms with Crippen LogP contribution in [0.3, 0.4) is 0 Å². The topological polar surface area (TPSA) is 60.2 Å². The molecule has 2 fully saturated rings. The molecule has 4 rings (SSSR count). The summed E-state index contributed by atoms with van der Waals surface area (Å²) >= 11 is 5.43. The maximum Gasteiger partial charge on any atom is 0.419 e. The largest absolute Gasteiger partial charge is 0.419 e. The van der Waals surface area contributed by atoms with Crippen LogP contribution < -0.4 is 9.80 Å². The van der Waals surface area contributed by atoms with Gasteiger partial charge in [0.05, 0.1) is 17.4 Å². The van der Waals surface area contributed by atoms with Crippen molar-refractivity contribution in [3.8, 4) is 6.07 Å². The highest BCUT2D eigenvalue weighted by molar-refractivity contribution is 7.81. The molecule has 5 nitrogen and oxygen atoms in total. The van der Waals surface area contributed by atoms with Crippen LogP contribution in [-0.4, -0.2) is 21.5 Å². The van der Waals surface area contributed by atoms with E-state index in [2.05, 4.69) is 4.98 Å². The van der Waals surface area contributed by atoms with Gasteiger partial charge in [0.1, 0.15) is 17.4 Å². The van der Waals surface area contributed by atoms with E-state index < -0.39 is 34.7 Å². The molecule has 0 bridgehead atoms. The minimum Gasteiger partial charge on any atom is -0.303 e. The number of nitrogens with zero attached hydrogens (tertiary/aromatic N) is 4.